The van der Waals surface area contributed by atoms with E-state index in [0.29, 0.717) is 42.7 Å². The first-order valence-corrected chi connectivity index (χ1v) is 11.1. The lowest BCUT2D eigenvalue weighted by Crippen LogP contribution is -2.31. The molecule has 2 aromatic carbocycles. The average Bonchev–Trinajstić information content (AvgIpc) is 3.05. The van der Waals surface area contributed by atoms with Crippen molar-refractivity contribution in [2.24, 2.45) is 0 Å². The number of thioether (sulfide) groups is 1. The van der Waals surface area contributed by atoms with Gasteiger partial charge in [-0.15, -0.1) is 0 Å². The van der Waals surface area contributed by atoms with Crippen molar-refractivity contribution in [3.8, 4) is 17.2 Å². The highest BCUT2D eigenvalue weighted by Gasteiger charge is 2.32. The van der Waals surface area contributed by atoms with E-state index in [9.17, 15) is 9.59 Å². The van der Waals surface area contributed by atoms with Crippen LogP contribution in [0.25, 0.3) is 6.08 Å². The molecule has 0 saturated carbocycles. The summed E-state index contributed by atoms with van der Waals surface area (Å²) in [5.74, 6) is 0.888. The van der Waals surface area contributed by atoms with Crippen LogP contribution in [0.3, 0.4) is 0 Å². The number of rotatable bonds is 8. The number of halogens is 1. The number of nitrogens with zero attached hydrogens (tertiary/aromatic N) is 1. The number of carbonyl (C=O) groups is 2. The van der Waals surface area contributed by atoms with Crippen molar-refractivity contribution >= 4 is 63.5 Å². The normalized spacial score (nSPS) is 14.6. The van der Waals surface area contributed by atoms with Crippen LogP contribution in [0.15, 0.2) is 41.3 Å². The Morgan fingerprint density at radius 2 is 1.81 bits per heavy atom. The molecular weight excluding hydrogens is 472 g/mol. The molecule has 3 rings (SSSR count). The van der Waals surface area contributed by atoms with E-state index in [1.54, 1.807) is 42.5 Å². The smallest absolute Gasteiger partial charge is 0.266 e. The van der Waals surface area contributed by atoms with Gasteiger partial charge in [0.25, 0.3) is 5.91 Å². The van der Waals surface area contributed by atoms with E-state index in [1.807, 2.05) is 0 Å². The first kappa shape index (κ1) is 23.9. The maximum Gasteiger partial charge on any atom is 0.266 e. The van der Waals surface area contributed by atoms with E-state index < -0.39 is 0 Å². The van der Waals surface area contributed by atoms with Gasteiger partial charge in [0, 0.05) is 13.0 Å². The number of hydrogen-bond acceptors (Lipinski definition) is 7. The molecule has 32 heavy (non-hydrogen) atoms. The van der Waals surface area contributed by atoms with Gasteiger partial charge in [-0.3, -0.25) is 14.5 Å². The van der Waals surface area contributed by atoms with Gasteiger partial charge in [-0.2, -0.15) is 0 Å². The fourth-order valence-corrected chi connectivity index (χ4v) is 4.51. The van der Waals surface area contributed by atoms with Crippen molar-refractivity contribution in [2.75, 3.05) is 33.2 Å². The van der Waals surface area contributed by atoms with Gasteiger partial charge < -0.3 is 19.5 Å². The Kier molecular flexibility index (Phi) is 8.00. The molecular formula is C22H21ClN2O5S2. The quantitative estimate of drug-likeness (QED) is 0.426. The minimum Gasteiger partial charge on any atom is -0.493 e. The van der Waals surface area contributed by atoms with Gasteiger partial charge in [0.15, 0.2) is 11.5 Å². The van der Waals surface area contributed by atoms with Crippen LogP contribution >= 0.6 is 35.6 Å². The van der Waals surface area contributed by atoms with Gasteiger partial charge in [0.2, 0.25) is 11.7 Å². The molecule has 1 N–H and O–H groups in total. The van der Waals surface area contributed by atoms with Crippen molar-refractivity contribution in [3.63, 3.8) is 0 Å². The Morgan fingerprint density at radius 1 is 1.16 bits per heavy atom. The Bertz CT molecular complexity index is 1060. The number of benzene rings is 2. The Hall–Kier alpha value is -2.75. The lowest BCUT2D eigenvalue weighted by Gasteiger charge is -2.14. The Labute approximate surface area is 200 Å². The van der Waals surface area contributed by atoms with Crippen LogP contribution < -0.4 is 19.5 Å². The first-order chi connectivity index (χ1) is 15.4. The minimum absolute atomic E-state index is 0.0785. The summed E-state index contributed by atoms with van der Waals surface area (Å²) in [4.78, 5) is 27.0. The highest BCUT2D eigenvalue weighted by atomic mass is 35.5. The number of hydrogen-bond donors (Lipinski definition) is 1. The maximum absolute atomic E-state index is 12.9. The van der Waals surface area contributed by atoms with Gasteiger partial charge in [0.1, 0.15) is 4.32 Å². The molecule has 0 bridgehead atoms. The molecule has 0 aliphatic carbocycles. The summed E-state index contributed by atoms with van der Waals surface area (Å²) in [6.07, 6.45) is 1.78. The highest BCUT2D eigenvalue weighted by Crippen LogP contribution is 2.40. The van der Waals surface area contributed by atoms with Gasteiger partial charge in [-0.25, -0.2) is 0 Å². The molecule has 7 nitrogen and oxygen atoms in total. The molecule has 1 aliphatic heterocycles. The molecule has 10 heteroatoms. The molecule has 2 amide bonds. The van der Waals surface area contributed by atoms with Crippen LogP contribution in [0, 0.1) is 0 Å². The second-order valence-electron chi connectivity index (χ2n) is 6.57. The van der Waals surface area contributed by atoms with Crippen LogP contribution in [0.5, 0.6) is 17.2 Å². The molecule has 0 spiro atoms. The SMILES string of the molecule is COc1cc(C=C2SC(=S)N(CCC(=O)Nc3ccccc3Cl)C2=O)cc(OC)c1OC. The summed E-state index contributed by atoms with van der Waals surface area (Å²) in [5.41, 5.74) is 1.21. The van der Waals surface area contributed by atoms with Crippen molar-refractivity contribution < 1.29 is 23.8 Å². The Balaban J connectivity index is 1.71. The lowest BCUT2D eigenvalue weighted by atomic mass is 10.1. The molecule has 0 radical (unpaired) electrons. The molecule has 0 atom stereocenters. The van der Waals surface area contributed by atoms with Crippen molar-refractivity contribution in [2.45, 2.75) is 6.42 Å². The van der Waals surface area contributed by atoms with E-state index in [0.717, 1.165) is 0 Å². The average molecular weight is 493 g/mol. The molecule has 2 aromatic rings. The molecule has 0 unspecified atom stereocenters. The molecule has 1 aliphatic rings. The Morgan fingerprint density at radius 3 is 2.41 bits per heavy atom. The standard InChI is InChI=1S/C22H21ClN2O5S2/c1-28-16-10-13(11-17(29-2)20(16)30-3)12-18-21(27)25(22(31)32-18)9-8-19(26)24-15-7-5-4-6-14(15)23/h4-7,10-12H,8-9H2,1-3H3,(H,24,26). The molecule has 0 aromatic heterocycles. The second kappa shape index (κ2) is 10.7. The summed E-state index contributed by atoms with van der Waals surface area (Å²) in [5, 5.41) is 3.18. The largest absolute Gasteiger partial charge is 0.493 e. The van der Waals surface area contributed by atoms with Crippen molar-refractivity contribution in [1.82, 2.24) is 4.90 Å². The van der Waals surface area contributed by atoms with Crippen molar-refractivity contribution in [3.05, 3.63) is 51.9 Å². The van der Waals surface area contributed by atoms with E-state index in [2.05, 4.69) is 5.32 Å². The topological polar surface area (TPSA) is 77.1 Å². The summed E-state index contributed by atoms with van der Waals surface area (Å²) in [6.45, 7) is 0.160. The number of ether oxygens (including phenoxy) is 3. The predicted molar refractivity (Wildman–Crippen MR) is 131 cm³/mol. The third kappa shape index (κ3) is 5.35. The van der Waals surface area contributed by atoms with E-state index >= 15 is 0 Å². The molecule has 1 saturated heterocycles. The fraction of sp³-hybridized carbons (Fsp3) is 0.227. The lowest BCUT2D eigenvalue weighted by molar-refractivity contribution is -0.122. The van der Waals surface area contributed by atoms with Crippen LogP contribution in [0.1, 0.15) is 12.0 Å². The van der Waals surface area contributed by atoms with Gasteiger partial charge in [-0.1, -0.05) is 47.7 Å². The van der Waals surface area contributed by atoms with Crippen LogP contribution in [-0.4, -0.2) is 48.9 Å². The number of amides is 2. The number of thiocarbonyl (C=S) groups is 1. The summed E-state index contributed by atoms with van der Waals surface area (Å²) >= 11 is 12.6. The number of anilines is 1. The van der Waals surface area contributed by atoms with Gasteiger partial charge in [-0.05, 0) is 35.9 Å². The summed E-state index contributed by atoms with van der Waals surface area (Å²) in [7, 11) is 4.56. The predicted octanol–water partition coefficient (Wildman–Crippen LogP) is 4.60. The maximum atomic E-state index is 12.9. The minimum atomic E-state index is -0.265. The highest BCUT2D eigenvalue weighted by molar-refractivity contribution is 8.26. The van der Waals surface area contributed by atoms with Crippen LogP contribution in [-0.2, 0) is 9.59 Å². The second-order valence-corrected chi connectivity index (χ2v) is 8.65. The summed E-state index contributed by atoms with van der Waals surface area (Å²) in [6, 6.07) is 10.4. The molecule has 1 heterocycles. The first-order valence-electron chi connectivity index (χ1n) is 9.47. The molecule has 168 valence electrons. The van der Waals surface area contributed by atoms with Crippen LogP contribution in [0.2, 0.25) is 5.02 Å². The van der Waals surface area contributed by atoms with E-state index in [1.165, 1.54) is 38.0 Å². The number of para-hydroxylation sites is 1. The third-order valence-electron chi connectivity index (χ3n) is 4.57. The number of methoxy groups -OCH3 is 3. The van der Waals surface area contributed by atoms with E-state index in [-0.39, 0.29) is 24.8 Å². The van der Waals surface area contributed by atoms with Gasteiger partial charge >= 0.3 is 0 Å². The monoisotopic (exact) mass is 492 g/mol. The third-order valence-corrected chi connectivity index (χ3v) is 6.28. The van der Waals surface area contributed by atoms with E-state index in [4.69, 9.17) is 38.0 Å². The van der Waals surface area contributed by atoms with Crippen molar-refractivity contribution in [1.29, 1.82) is 0 Å². The van der Waals surface area contributed by atoms with Crippen LogP contribution in [0.4, 0.5) is 5.69 Å². The number of nitrogens with one attached hydrogen (secondary N) is 1. The zero-order valence-corrected chi connectivity index (χ0v) is 20.0. The zero-order valence-electron chi connectivity index (χ0n) is 17.6. The number of carbonyl (C=O) groups excluding carboxylic acids is 2. The summed E-state index contributed by atoms with van der Waals surface area (Å²) < 4.78 is 16.4. The molecule has 1 fully saturated rings. The fourth-order valence-electron chi connectivity index (χ4n) is 3.02. The van der Waals surface area contributed by atoms with Gasteiger partial charge in [0.05, 0.1) is 36.9 Å². The zero-order chi connectivity index (χ0) is 23.3.